The Morgan fingerprint density at radius 1 is 1.00 bits per heavy atom. The highest BCUT2D eigenvalue weighted by Gasteiger charge is 2.45. The zero-order valence-corrected chi connectivity index (χ0v) is 27.5. The minimum absolute atomic E-state index is 0.0131. The number of rotatable bonds is 5. The molecule has 2 N–H and O–H groups in total. The van der Waals surface area contributed by atoms with E-state index in [-0.39, 0.29) is 17.0 Å². The SMILES string of the molecule is Cc1cc(CSc2cc(Cl)ccc2Cl)c(C)c(C2C(C#N)=C(N)N(c3ccc(Cl)c(Cl)c3)C3=C2C(=O)CC(C)(C)C3)c1. The molecule has 4 nitrogen and oxygen atoms in total. The highest BCUT2D eigenvalue weighted by atomic mass is 35.5. The van der Waals surface area contributed by atoms with Gasteiger partial charge in [-0.05, 0) is 78.8 Å². The zero-order chi connectivity index (χ0) is 30.5. The van der Waals surface area contributed by atoms with E-state index in [2.05, 4.69) is 32.0 Å². The standard InChI is InChI=1S/C33H29Cl4N3OS/c1-17-9-19(16-42-29-11-20(34)5-7-25(29)36)18(2)22(10-17)30-23(15-38)32(39)40(21-6-8-24(35)26(37)12-21)27-13-33(3,4)14-28(41)31(27)30/h5-12,30H,13-14,16,39H2,1-4H3. The summed E-state index contributed by atoms with van der Waals surface area (Å²) in [4.78, 5) is 16.7. The number of ketones is 1. The molecule has 1 aliphatic heterocycles. The van der Waals surface area contributed by atoms with Crippen molar-refractivity contribution in [3.63, 3.8) is 0 Å². The van der Waals surface area contributed by atoms with Gasteiger partial charge >= 0.3 is 0 Å². The normalized spacial score (nSPS) is 18.3. The van der Waals surface area contributed by atoms with Crippen LogP contribution in [0.25, 0.3) is 0 Å². The predicted molar refractivity (Wildman–Crippen MR) is 175 cm³/mol. The van der Waals surface area contributed by atoms with E-state index in [4.69, 9.17) is 52.1 Å². The summed E-state index contributed by atoms with van der Waals surface area (Å²) in [7, 11) is 0. The number of thioether (sulfide) groups is 1. The lowest BCUT2D eigenvalue weighted by molar-refractivity contribution is -0.118. The van der Waals surface area contributed by atoms with Gasteiger partial charge < -0.3 is 5.73 Å². The summed E-state index contributed by atoms with van der Waals surface area (Å²) in [6.45, 7) is 8.21. The lowest BCUT2D eigenvalue weighted by Crippen LogP contribution is -2.42. The maximum absolute atomic E-state index is 14.0. The van der Waals surface area contributed by atoms with Crippen LogP contribution in [0.5, 0.6) is 0 Å². The Hall–Kier alpha value is -2.59. The number of Topliss-reactive ketones (excluding diaryl/α,β-unsaturated/α-hetero) is 1. The first kappa shape index (κ1) is 30.9. The zero-order valence-electron chi connectivity index (χ0n) is 23.6. The molecule has 3 aromatic carbocycles. The van der Waals surface area contributed by atoms with Crippen LogP contribution in [0.4, 0.5) is 5.69 Å². The van der Waals surface area contributed by atoms with Crippen molar-refractivity contribution in [2.24, 2.45) is 11.1 Å². The quantitative estimate of drug-likeness (QED) is 0.277. The van der Waals surface area contributed by atoms with Gasteiger partial charge in [0.2, 0.25) is 0 Å². The van der Waals surface area contributed by atoms with E-state index < -0.39 is 5.92 Å². The highest BCUT2D eigenvalue weighted by molar-refractivity contribution is 7.98. The molecule has 3 aromatic rings. The van der Waals surface area contributed by atoms with Crippen molar-refractivity contribution in [1.82, 2.24) is 0 Å². The van der Waals surface area contributed by atoms with Gasteiger partial charge in [0.25, 0.3) is 0 Å². The Labute approximate surface area is 271 Å². The Morgan fingerprint density at radius 3 is 2.40 bits per heavy atom. The van der Waals surface area contributed by atoms with E-state index in [1.54, 1.807) is 42.1 Å². The number of hydrogen-bond donors (Lipinski definition) is 1. The van der Waals surface area contributed by atoms with Crippen molar-refractivity contribution in [3.05, 3.63) is 114 Å². The number of aryl methyl sites for hydroxylation is 1. The molecule has 1 aliphatic carbocycles. The molecule has 1 atom stereocenters. The topological polar surface area (TPSA) is 70.1 Å². The average Bonchev–Trinajstić information content (AvgIpc) is 2.91. The number of nitrogens with two attached hydrogens (primary N) is 1. The number of anilines is 1. The number of hydrogen-bond acceptors (Lipinski definition) is 5. The first-order chi connectivity index (χ1) is 19.8. The van der Waals surface area contributed by atoms with Crippen molar-refractivity contribution >= 4 is 69.6 Å². The predicted octanol–water partition coefficient (Wildman–Crippen LogP) is 10.2. The molecule has 0 saturated heterocycles. The van der Waals surface area contributed by atoms with E-state index in [1.165, 1.54) is 0 Å². The Kier molecular flexibility index (Phi) is 8.69. The highest BCUT2D eigenvalue weighted by Crippen LogP contribution is 2.51. The largest absolute Gasteiger partial charge is 0.384 e. The van der Waals surface area contributed by atoms with Crippen molar-refractivity contribution < 1.29 is 4.79 Å². The maximum atomic E-state index is 14.0. The lowest BCUT2D eigenvalue weighted by Gasteiger charge is -2.44. The molecule has 1 heterocycles. The molecule has 216 valence electrons. The third-order valence-electron chi connectivity index (χ3n) is 7.83. The second-order valence-electron chi connectivity index (χ2n) is 11.6. The van der Waals surface area contributed by atoms with Crippen LogP contribution in [0.2, 0.25) is 20.1 Å². The molecular formula is C33H29Cl4N3OS. The number of carbonyl (C=O) groups excluding carboxylic acids is 1. The Morgan fingerprint density at radius 2 is 1.71 bits per heavy atom. The fourth-order valence-corrected chi connectivity index (χ4v) is 7.73. The van der Waals surface area contributed by atoms with Crippen LogP contribution in [-0.4, -0.2) is 5.78 Å². The second-order valence-corrected chi connectivity index (χ2v) is 14.3. The van der Waals surface area contributed by atoms with E-state index >= 15 is 0 Å². The molecule has 0 radical (unpaired) electrons. The van der Waals surface area contributed by atoms with Gasteiger partial charge in [-0.15, -0.1) is 11.8 Å². The summed E-state index contributed by atoms with van der Waals surface area (Å²) in [6, 6.07) is 17.2. The number of nitriles is 1. The molecule has 0 bridgehead atoms. The molecule has 0 amide bonds. The summed E-state index contributed by atoms with van der Waals surface area (Å²) < 4.78 is 0. The van der Waals surface area contributed by atoms with Crippen LogP contribution in [0.1, 0.15) is 54.9 Å². The van der Waals surface area contributed by atoms with Crippen LogP contribution >= 0.6 is 58.2 Å². The van der Waals surface area contributed by atoms with Gasteiger partial charge in [0.15, 0.2) is 5.78 Å². The summed E-state index contributed by atoms with van der Waals surface area (Å²) >= 11 is 26.9. The van der Waals surface area contributed by atoms with Gasteiger partial charge in [-0.1, -0.05) is 77.9 Å². The molecule has 2 aliphatic rings. The molecule has 9 heteroatoms. The van der Waals surface area contributed by atoms with Crippen LogP contribution in [0.15, 0.2) is 76.1 Å². The third-order valence-corrected chi connectivity index (χ3v) is 10.3. The van der Waals surface area contributed by atoms with Gasteiger partial charge in [-0.25, -0.2) is 0 Å². The Balaban J connectivity index is 1.68. The molecule has 0 aromatic heterocycles. The van der Waals surface area contributed by atoms with Crippen molar-refractivity contribution in [2.45, 2.75) is 57.1 Å². The van der Waals surface area contributed by atoms with Crippen LogP contribution in [0.3, 0.4) is 0 Å². The summed E-state index contributed by atoms with van der Waals surface area (Å²) in [5.41, 5.74) is 12.9. The number of benzene rings is 3. The number of halogens is 4. The molecule has 0 spiro atoms. The fourth-order valence-electron chi connectivity index (χ4n) is 5.90. The van der Waals surface area contributed by atoms with Crippen LogP contribution in [0, 0.1) is 30.6 Å². The number of carbonyl (C=O) groups is 1. The molecule has 5 rings (SSSR count). The van der Waals surface area contributed by atoms with Gasteiger partial charge in [0.05, 0.1) is 32.6 Å². The molecule has 0 fully saturated rings. The van der Waals surface area contributed by atoms with Gasteiger partial charge in [0, 0.05) is 39.0 Å². The maximum Gasteiger partial charge on any atom is 0.162 e. The smallest absolute Gasteiger partial charge is 0.162 e. The lowest BCUT2D eigenvalue weighted by atomic mass is 9.68. The van der Waals surface area contributed by atoms with Crippen molar-refractivity contribution in [1.29, 1.82) is 5.26 Å². The summed E-state index contributed by atoms with van der Waals surface area (Å²) in [5.74, 6) is 0.342. The first-order valence-electron chi connectivity index (χ1n) is 13.4. The van der Waals surface area contributed by atoms with Crippen molar-refractivity contribution in [2.75, 3.05) is 4.90 Å². The number of nitrogens with zero attached hydrogens (tertiary/aromatic N) is 2. The summed E-state index contributed by atoms with van der Waals surface area (Å²) in [5, 5.41) is 12.6. The van der Waals surface area contributed by atoms with Gasteiger partial charge in [-0.3, -0.25) is 9.69 Å². The second kappa shape index (κ2) is 11.8. The molecule has 1 unspecified atom stereocenters. The first-order valence-corrected chi connectivity index (χ1v) is 15.9. The van der Waals surface area contributed by atoms with E-state index in [9.17, 15) is 10.1 Å². The third kappa shape index (κ3) is 5.81. The average molecular weight is 657 g/mol. The van der Waals surface area contributed by atoms with E-state index in [1.807, 2.05) is 24.8 Å². The van der Waals surface area contributed by atoms with Gasteiger partial charge in [0.1, 0.15) is 5.82 Å². The van der Waals surface area contributed by atoms with Crippen LogP contribution in [-0.2, 0) is 10.5 Å². The van der Waals surface area contributed by atoms with Crippen molar-refractivity contribution in [3.8, 4) is 6.07 Å². The fraction of sp³-hybridized carbons (Fsp3) is 0.273. The monoisotopic (exact) mass is 655 g/mol. The number of allylic oxidation sites excluding steroid dienone is 3. The van der Waals surface area contributed by atoms with Gasteiger partial charge in [-0.2, -0.15) is 5.26 Å². The minimum atomic E-state index is -0.592. The van der Waals surface area contributed by atoms with E-state index in [0.717, 1.165) is 32.8 Å². The molecular weight excluding hydrogens is 628 g/mol. The molecule has 0 saturated carbocycles. The molecule has 42 heavy (non-hydrogen) atoms. The Bertz CT molecular complexity index is 1740. The minimum Gasteiger partial charge on any atom is -0.384 e. The van der Waals surface area contributed by atoms with E-state index in [0.29, 0.717) is 55.5 Å². The van der Waals surface area contributed by atoms with Crippen LogP contribution < -0.4 is 10.6 Å². The summed E-state index contributed by atoms with van der Waals surface area (Å²) in [6.07, 6.45) is 0.974.